The molecular weight excluding hydrogens is 253 g/mol. The van der Waals surface area contributed by atoms with Crippen LogP contribution in [0.3, 0.4) is 0 Å². The number of aromatic nitrogens is 2. The van der Waals surface area contributed by atoms with Crippen molar-refractivity contribution in [1.82, 2.24) is 9.55 Å². The highest BCUT2D eigenvalue weighted by atomic mass is 35.5. The van der Waals surface area contributed by atoms with Crippen molar-refractivity contribution in [3.05, 3.63) is 47.0 Å². The number of anilines is 1. The van der Waals surface area contributed by atoms with E-state index >= 15 is 0 Å². The summed E-state index contributed by atoms with van der Waals surface area (Å²) >= 11 is 5.76. The molecule has 0 bridgehead atoms. The number of nitrogens with one attached hydrogen (secondary N) is 1. The van der Waals surface area contributed by atoms with Gasteiger partial charge in [-0.05, 0) is 31.5 Å². The lowest BCUT2D eigenvalue weighted by atomic mass is 10.2. The Morgan fingerprint density at radius 2 is 2.22 bits per heavy atom. The first-order valence-electron chi connectivity index (χ1n) is 5.78. The van der Waals surface area contributed by atoms with Gasteiger partial charge in [-0.15, -0.1) is 0 Å². The highest BCUT2D eigenvalue weighted by molar-refractivity contribution is 6.30. The zero-order chi connectivity index (χ0) is 13.1. The van der Waals surface area contributed by atoms with Gasteiger partial charge < -0.3 is 9.88 Å². The third kappa shape index (κ3) is 3.01. The van der Waals surface area contributed by atoms with Gasteiger partial charge in [-0.2, -0.15) is 0 Å². The number of nitrogens with zero attached hydrogens (tertiary/aromatic N) is 2. The lowest BCUT2D eigenvalue weighted by molar-refractivity contribution is 0.626. The third-order valence-corrected chi connectivity index (χ3v) is 2.76. The smallest absolute Gasteiger partial charge is 0.203 e. The van der Waals surface area contributed by atoms with Crippen molar-refractivity contribution in [2.75, 3.05) is 5.32 Å². The minimum atomic E-state index is -0.397. The predicted octanol–water partition coefficient (Wildman–Crippen LogP) is 3.54. The molecule has 5 heteroatoms. The van der Waals surface area contributed by atoms with Crippen molar-refractivity contribution in [3.63, 3.8) is 0 Å². The average Bonchev–Trinajstić information content (AvgIpc) is 2.70. The SMILES string of the molecule is CC(C)Nc1nccn1Cc1ccc(F)c(Cl)c1. The first-order chi connectivity index (χ1) is 8.56. The van der Waals surface area contributed by atoms with Crippen LogP contribution in [0.4, 0.5) is 10.3 Å². The lowest BCUT2D eigenvalue weighted by Crippen LogP contribution is -2.15. The van der Waals surface area contributed by atoms with E-state index in [2.05, 4.69) is 10.3 Å². The average molecular weight is 268 g/mol. The molecule has 0 fully saturated rings. The molecule has 0 aliphatic carbocycles. The number of hydrogen-bond donors (Lipinski definition) is 1. The number of benzene rings is 1. The molecule has 0 spiro atoms. The molecule has 0 radical (unpaired) electrons. The van der Waals surface area contributed by atoms with Gasteiger partial charge in [0.1, 0.15) is 5.82 Å². The molecule has 3 nitrogen and oxygen atoms in total. The van der Waals surface area contributed by atoms with Gasteiger partial charge in [0, 0.05) is 18.4 Å². The van der Waals surface area contributed by atoms with E-state index in [1.165, 1.54) is 6.07 Å². The summed E-state index contributed by atoms with van der Waals surface area (Å²) in [5.74, 6) is 0.400. The molecule has 2 rings (SSSR count). The maximum absolute atomic E-state index is 13.1. The molecular formula is C13H15ClFN3. The van der Waals surface area contributed by atoms with E-state index in [-0.39, 0.29) is 5.02 Å². The van der Waals surface area contributed by atoms with Gasteiger partial charge in [0.05, 0.1) is 11.6 Å². The number of halogens is 2. The van der Waals surface area contributed by atoms with Gasteiger partial charge in [-0.25, -0.2) is 9.37 Å². The van der Waals surface area contributed by atoms with Crippen LogP contribution in [-0.4, -0.2) is 15.6 Å². The molecule has 2 aromatic rings. The zero-order valence-corrected chi connectivity index (χ0v) is 11.1. The predicted molar refractivity (Wildman–Crippen MR) is 71.5 cm³/mol. The van der Waals surface area contributed by atoms with Crippen LogP contribution < -0.4 is 5.32 Å². The Morgan fingerprint density at radius 3 is 2.89 bits per heavy atom. The van der Waals surface area contributed by atoms with Gasteiger partial charge in [0.25, 0.3) is 0 Å². The minimum absolute atomic E-state index is 0.144. The van der Waals surface area contributed by atoms with Crippen LogP contribution in [0, 0.1) is 5.82 Å². The fraction of sp³-hybridized carbons (Fsp3) is 0.308. The molecule has 96 valence electrons. The Balaban J connectivity index is 2.18. The molecule has 1 N–H and O–H groups in total. The Labute approximate surface area is 111 Å². The lowest BCUT2D eigenvalue weighted by Gasteiger charge is -2.12. The van der Waals surface area contributed by atoms with Gasteiger partial charge in [-0.3, -0.25) is 0 Å². The summed E-state index contributed by atoms with van der Waals surface area (Å²) in [5, 5.41) is 3.39. The molecule has 0 saturated carbocycles. The molecule has 0 aliphatic rings. The Kier molecular flexibility index (Phi) is 3.87. The standard InChI is InChI=1S/C13H15ClFN3/c1-9(2)17-13-16-5-6-18(13)8-10-3-4-12(15)11(14)7-10/h3-7,9H,8H2,1-2H3,(H,16,17). The summed E-state index contributed by atoms with van der Waals surface area (Å²) in [6.45, 7) is 4.70. The van der Waals surface area contributed by atoms with Crippen molar-refractivity contribution in [1.29, 1.82) is 0 Å². The van der Waals surface area contributed by atoms with Crippen molar-refractivity contribution in [2.45, 2.75) is 26.4 Å². The van der Waals surface area contributed by atoms with Crippen molar-refractivity contribution in [2.24, 2.45) is 0 Å². The molecule has 0 saturated heterocycles. The second-order valence-corrected chi connectivity index (χ2v) is 4.83. The van der Waals surface area contributed by atoms with Gasteiger partial charge in [0.2, 0.25) is 5.95 Å². The van der Waals surface area contributed by atoms with Crippen molar-refractivity contribution in [3.8, 4) is 0 Å². The monoisotopic (exact) mass is 267 g/mol. The van der Waals surface area contributed by atoms with Crippen LogP contribution in [0.2, 0.25) is 5.02 Å². The number of hydrogen-bond acceptors (Lipinski definition) is 2. The van der Waals surface area contributed by atoms with Crippen LogP contribution in [0.15, 0.2) is 30.6 Å². The third-order valence-electron chi connectivity index (χ3n) is 2.47. The Hall–Kier alpha value is -1.55. The number of rotatable bonds is 4. The summed E-state index contributed by atoms with van der Waals surface area (Å²) in [6.07, 6.45) is 3.61. The second kappa shape index (κ2) is 5.40. The van der Waals surface area contributed by atoms with Gasteiger partial charge >= 0.3 is 0 Å². The molecule has 0 atom stereocenters. The summed E-state index contributed by atoms with van der Waals surface area (Å²) in [7, 11) is 0. The molecule has 1 heterocycles. The van der Waals surface area contributed by atoms with Crippen LogP contribution in [-0.2, 0) is 6.54 Å². The van der Waals surface area contributed by atoms with E-state index < -0.39 is 5.82 Å². The highest BCUT2D eigenvalue weighted by Crippen LogP contribution is 2.18. The van der Waals surface area contributed by atoms with E-state index in [1.807, 2.05) is 24.6 Å². The minimum Gasteiger partial charge on any atom is -0.353 e. The largest absolute Gasteiger partial charge is 0.353 e. The first-order valence-corrected chi connectivity index (χ1v) is 6.15. The summed E-state index contributed by atoms with van der Waals surface area (Å²) in [4.78, 5) is 4.24. The highest BCUT2D eigenvalue weighted by Gasteiger charge is 2.06. The van der Waals surface area contributed by atoms with Crippen molar-refractivity contribution < 1.29 is 4.39 Å². The van der Waals surface area contributed by atoms with Gasteiger partial charge in [0.15, 0.2) is 0 Å². The fourth-order valence-corrected chi connectivity index (χ4v) is 1.87. The summed E-state index contributed by atoms with van der Waals surface area (Å²) in [6, 6.07) is 5.04. The van der Waals surface area contributed by atoms with Crippen molar-refractivity contribution >= 4 is 17.5 Å². The van der Waals surface area contributed by atoms with Crippen LogP contribution in [0.5, 0.6) is 0 Å². The molecule has 0 amide bonds. The molecule has 0 aliphatic heterocycles. The van der Waals surface area contributed by atoms with Crippen LogP contribution >= 0.6 is 11.6 Å². The molecule has 0 unspecified atom stereocenters. The van der Waals surface area contributed by atoms with E-state index in [1.54, 1.807) is 18.3 Å². The topological polar surface area (TPSA) is 29.9 Å². The van der Waals surface area contributed by atoms with E-state index in [4.69, 9.17) is 11.6 Å². The molecule has 1 aromatic heterocycles. The molecule has 1 aromatic carbocycles. The normalized spacial score (nSPS) is 10.9. The summed E-state index contributed by atoms with van der Waals surface area (Å²) < 4.78 is 15.0. The molecule has 18 heavy (non-hydrogen) atoms. The Bertz CT molecular complexity index is 537. The first kappa shape index (κ1) is 12.9. The maximum Gasteiger partial charge on any atom is 0.203 e. The maximum atomic E-state index is 13.1. The van der Waals surface area contributed by atoms with Gasteiger partial charge in [-0.1, -0.05) is 17.7 Å². The van der Waals surface area contributed by atoms with E-state index in [0.717, 1.165) is 11.5 Å². The quantitative estimate of drug-likeness (QED) is 0.918. The summed E-state index contributed by atoms with van der Waals surface area (Å²) in [5.41, 5.74) is 0.936. The Morgan fingerprint density at radius 1 is 1.44 bits per heavy atom. The van der Waals surface area contributed by atoms with Crippen LogP contribution in [0.25, 0.3) is 0 Å². The second-order valence-electron chi connectivity index (χ2n) is 4.43. The van der Waals surface area contributed by atoms with E-state index in [9.17, 15) is 4.39 Å². The fourth-order valence-electron chi connectivity index (χ4n) is 1.67. The zero-order valence-electron chi connectivity index (χ0n) is 10.3. The van der Waals surface area contributed by atoms with Crippen LogP contribution in [0.1, 0.15) is 19.4 Å². The number of imidazole rings is 1. The van der Waals surface area contributed by atoms with E-state index in [0.29, 0.717) is 12.6 Å².